The van der Waals surface area contributed by atoms with E-state index in [0.717, 1.165) is 11.1 Å². The molecule has 1 N–H and O–H groups in total. The molecule has 0 fully saturated rings. The van der Waals surface area contributed by atoms with Gasteiger partial charge in [-0.1, -0.05) is 30.3 Å². The summed E-state index contributed by atoms with van der Waals surface area (Å²) in [7, 11) is -3.21. The molecule has 0 unspecified atom stereocenters. The van der Waals surface area contributed by atoms with Crippen molar-refractivity contribution in [3.8, 4) is 0 Å². The third kappa shape index (κ3) is 4.68. The van der Waals surface area contributed by atoms with Crippen LogP contribution in [0.15, 0.2) is 47.2 Å². The van der Waals surface area contributed by atoms with Crippen molar-refractivity contribution in [2.24, 2.45) is 0 Å². The first-order chi connectivity index (χ1) is 10.4. The van der Waals surface area contributed by atoms with E-state index in [9.17, 15) is 13.2 Å². The van der Waals surface area contributed by atoms with Gasteiger partial charge in [0.2, 0.25) is 5.91 Å². The zero-order valence-electron chi connectivity index (χ0n) is 12.5. The van der Waals surface area contributed by atoms with Gasteiger partial charge in [0, 0.05) is 6.26 Å². The van der Waals surface area contributed by atoms with E-state index in [1.54, 1.807) is 0 Å². The van der Waals surface area contributed by atoms with Gasteiger partial charge in [0.05, 0.1) is 17.7 Å². The van der Waals surface area contributed by atoms with Crippen molar-refractivity contribution in [1.82, 2.24) is 5.32 Å². The van der Waals surface area contributed by atoms with Gasteiger partial charge in [-0.3, -0.25) is 4.79 Å². The highest BCUT2D eigenvalue weighted by Gasteiger charge is 2.23. The normalized spacial score (nSPS) is 14.3. The van der Waals surface area contributed by atoms with Crippen LogP contribution in [0.25, 0.3) is 0 Å². The maximum Gasteiger partial charge on any atom is 0.227 e. The minimum atomic E-state index is -3.21. The quantitative estimate of drug-likeness (QED) is 0.881. The van der Waals surface area contributed by atoms with Crippen LogP contribution in [0.4, 0.5) is 0 Å². The van der Waals surface area contributed by atoms with Crippen molar-refractivity contribution in [3.63, 3.8) is 0 Å². The Balaban J connectivity index is 2.18. The third-order valence-electron chi connectivity index (χ3n) is 3.42. The number of thiophene rings is 1. The predicted octanol–water partition coefficient (Wildman–Crippen LogP) is 2.75. The summed E-state index contributed by atoms with van der Waals surface area (Å²) >= 11 is 1.53. The van der Waals surface area contributed by atoms with E-state index in [1.807, 2.05) is 54.1 Å². The lowest BCUT2D eigenvalue weighted by molar-refractivity contribution is -0.122. The Morgan fingerprint density at radius 3 is 2.41 bits per heavy atom. The molecule has 0 spiro atoms. The first-order valence-electron chi connectivity index (χ1n) is 6.92. The van der Waals surface area contributed by atoms with Crippen LogP contribution in [-0.4, -0.2) is 26.3 Å². The highest BCUT2D eigenvalue weighted by Crippen LogP contribution is 2.21. The van der Waals surface area contributed by atoms with Gasteiger partial charge in [0.25, 0.3) is 0 Å². The Bertz CT molecular complexity index is 709. The van der Waals surface area contributed by atoms with Gasteiger partial charge in [0.1, 0.15) is 9.84 Å². The SMILES string of the molecule is C[C@@H](C(=O)N[C@H](CS(C)(=O)=O)c1ccccc1)c1ccsc1. The molecule has 4 nitrogen and oxygen atoms in total. The molecule has 2 atom stereocenters. The smallest absolute Gasteiger partial charge is 0.227 e. The molecule has 118 valence electrons. The lowest BCUT2D eigenvalue weighted by Crippen LogP contribution is -2.35. The Morgan fingerprint density at radius 2 is 1.86 bits per heavy atom. The van der Waals surface area contributed by atoms with Crippen LogP contribution in [0.5, 0.6) is 0 Å². The summed E-state index contributed by atoms with van der Waals surface area (Å²) in [4.78, 5) is 12.4. The highest BCUT2D eigenvalue weighted by molar-refractivity contribution is 7.90. The molecule has 0 radical (unpaired) electrons. The van der Waals surface area contributed by atoms with Gasteiger partial charge in [-0.15, -0.1) is 0 Å². The van der Waals surface area contributed by atoms with Crippen molar-refractivity contribution in [2.75, 3.05) is 12.0 Å². The van der Waals surface area contributed by atoms with Crippen LogP contribution in [0.2, 0.25) is 0 Å². The summed E-state index contributed by atoms with van der Waals surface area (Å²) < 4.78 is 23.3. The number of hydrogen-bond donors (Lipinski definition) is 1. The zero-order valence-corrected chi connectivity index (χ0v) is 14.2. The number of amides is 1. The molecule has 0 saturated heterocycles. The van der Waals surface area contributed by atoms with Crippen LogP contribution in [0.3, 0.4) is 0 Å². The fourth-order valence-electron chi connectivity index (χ4n) is 2.18. The van der Waals surface area contributed by atoms with Crippen LogP contribution >= 0.6 is 11.3 Å². The van der Waals surface area contributed by atoms with Crippen molar-refractivity contribution >= 4 is 27.1 Å². The summed E-state index contributed by atoms with van der Waals surface area (Å²) in [6.07, 6.45) is 1.18. The van der Waals surface area contributed by atoms with Gasteiger partial charge >= 0.3 is 0 Å². The molecule has 1 heterocycles. The van der Waals surface area contributed by atoms with Gasteiger partial charge in [-0.25, -0.2) is 8.42 Å². The topological polar surface area (TPSA) is 63.2 Å². The molecule has 2 rings (SSSR count). The molecule has 0 bridgehead atoms. The summed E-state index contributed by atoms with van der Waals surface area (Å²) in [5.41, 5.74) is 1.73. The second-order valence-corrected chi connectivity index (χ2v) is 8.31. The van der Waals surface area contributed by atoms with E-state index in [2.05, 4.69) is 5.32 Å². The van der Waals surface area contributed by atoms with E-state index in [1.165, 1.54) is 17.6 Å². The number of carbonyl (C=O) groups is 1. The van der Waals surface area contributed by atoms with Crippen LogP contribution in [-0.2, 0) is 14.6 Å². The standard InChI is InChI=1S/C16H19NO3S2/c1-12(14-8-9-21-10-14)16(18)17-15(11-22(2,19)20)13-6-4-3-5-7-13/h3-10,12,15H,11H2,1-2H3,(H,17,18)/t12-,15-/m1/s1. The molecule has 22 heavy (non-hydrogen) atoms. The van der Waals surface area contributed by atoms with Crippen molar-refractivity contribution in [1.29, 1.82) is 0 Å². The number of hydrogen-bond acceptors (Lipinski definition) is 4. The molecule has 0 saturated carbocycles. The van der Waals surface area contributed by atoms with Gasteiger partial charge < -0.3 is 5.32 Å². The maximum absolute atomic E-state index is 12.4. The largest absolute Gasteiger partial charge is 0.348 e. The lowest BCUT2D eigenvalue weighted by atomic mass is 10.0. The van der Waals surface area contributed by atoms with Crippen molar-refractivity contribution in [3.05, 3.63) is 58.3 Å². The van der Waals surface area contributed by atoms with Crippen LogP contribution in [0, 0.1) is 0 Å². The Morgan fingerprint density at radius 1 is 1.18 bits per heavy atom. The van der Waals surface area contributed by atoms with Crippen LogP contribution in [0.1, 0.15) is 30.0 Å². The van der Waals surface area contributed by atoms with Crippen molar-refractivity contribution in [2.45, 2.75) is 18.9 Å². The molecule has 0 aliphatic carbocycles. The fraction of sp³-hybridized carbons (Fsp3) is 0.312. The molecule has 1 aromatic carbocycles. The number of benzene rings is 1. The minimum absolute atomic E-state index is 0.112. The van der Waals surface area contributed by atoms with E-state index >= 15 is 0 Å². The Hall–Kier alpha value is -1.66. The van der Waals surface area contributed by atoms with Crippen molar-refractivity contribution < 1.29 is 13.2 Å². The molecule has 1 aromatic heterocycles. The maximum atomic E-state index is 12.4. The molecule has 2 aromatic rings. The summed E-state index contributed by atoms with van der Waals surface area (Å²) in [5, 5.41) is 6.71. The summed E-state index contributed by atoms with van der Waals surface area (Å²) in [6.45, 7) is 1.82. The lowest BCUT2D eigenvalue weighted by Gasteiger charge is -2.20. The average molecular weight is 337 g/mol. The molecular weight excluding hydrogens is 318 g/mol. The monoisotopic (exact) mass is 337 g/mol. The number of sulfone groups is 1. The van der Waals surface area contributed by atoms with Gasteiger partial charge in [-0.05, 0) is 34.9 Å². The zero-order chi connectivity index (χ0) is 16.2. The average Bonchev–Trinajstić information content (AvgIpc) is 2.99. The first-order valence-corrected chi connectivity index (χ1v) is 9.92. The summed E-state index contributed by atoms with van der Waals surface area (Å²) in [6, 6.07) is 10.5. The number of rotatable bonds is 6. The number of carbonyl (C=O) groups excluding carboxylic acids is 1. The van der Waals surface area contributed by atoms with E-state index in [0.29, 0.717) is 0 Å². The first kappa shape index (κ1) is 16.7. The van der Waals surface area contributed by atoms with E-state index in [4.69, 9.17) is 0 Å². The molecular formula is C16H19NO3S2. The predicted molar refractivity (Wildman–Crippen MR) is 89.8 cm³/mol. The Kier molecular flexibility index (Phi) is 5.37. The second kappa shape index (κ2) is 7.07. The second-order valence-electron chi connectivity index (χ2n) is 5.34. The van der Waals surface area contributed by atoms with Crippen LogP contribution < -0.4 is 5.32 Å². The molecule has 6 heteroatoms. The fourth-order valence-corrected chi connectivity index (χ4v) is 3.81. The highest BCUT2D eigenvalue weighted by atomic mass is 32.2. The third-order valence-corrected chi connectivity index (χ3v) is 5.06. The molecule has 0 aliphatic rings. The van der Waals surface area contributed by atoms with Gasteiger partial charge in [-0.2, -0.15) is 11.3 Å². The minimum Gasteiger partial charge on any atom is -0.348 e. The number of nitrogens with one attached hydrogen (secondary N) is 1. The summed E-state index contributed by atoms with van der Waals surface area (Å²) in [5.74, 6) is -0.591. The Labute approximate surface area is 135 Å². The molecule has 1 amide bonds. The van der Waals surface area contributed by atoms with E-state index < -0.39 is 15.9 Å². The molecule has 0 aliphatic heterocycles. The van der Waals surface area contributed by atoms with E-state index in [-0.39, 0.29) is 17.6 Å². The van der Waals surface area contributed by atoms with Gasteiger partial charge in [0.15, 0.2) is 0 Å².